The fourth-order valence-electron chi connectivity index (χ4n) is 4.43. The first kappa shape index (κ1) is 9.83. The van der Waals surface area contributed by atoms with Crippen molar-refractivity contribution in [3.8, 4) is 0 Å². The summed E-state index contributed by atoms with van der Waals surface area (Å²) in [7, 11) is 0. The normalized spacial score (nSPS) is 45.5. The third kappa shape index (κ3) is 1.24. The van der Waals surface area contributed by atoms with Crippen LogP contribution in [0.2, 0.25) is 0 Å². The highest BCUT2D eigenvalue weighted by Crippen LogP contribution is 2.52. The van der Waals surface area contributed by atoms with Crippen molar-refractivity contribution < 1.29 is 4.79 Å². The van der Waals surface area contributed by atoms with Crippen molar-refractivity contribution in [1.82, 2.24) is 4.90 Å². The average molecular weight is 207 g/mol. The van der Waals surface area contributed by atoms with Gasteiger partial charge in [-0.1, -0.05) is 6.92 Å². The van der Waals surface area contributed by atoms with E-state index in [4.69, 9.17) is 0 Å². The maximum absolute atomic E-state index is 11.9. The molecule has 3 fully saturated rings. The van der Waals surface area contributed by atoms with E-state index in [1.54, 1.807) is 0 Å². The Bertz CT molecular complexity index is 288. The van der Waals surface area contributed by atoms with E-state index in [0.717, 1.165) is 12.8 Å². The Labute approximate surface area is 92.0 Å². The lowest BCUT2D eigenvalue weighted by molar-refractivity contribution is -0.132. The Morgan fingerprint density at radius 3 is 3.07 bits per heavy atom. The molecule has 0 aromatic rings. The third-order valence-electron chi connectivity index (χ3n) is 5.24. The predicted molar refractivity (Wildman–Crippen MR) is 59.7 cm³/mol. The molecule has 0 aromatic heterocycles. The molecule has 3 aliphatic rings. The summed E-state index contributed by atoms with van der Waals surface area (Å²) in [5.74, 6) is 0.965. The molecule has 1 aliphatic carbocycles. The number of piperidine rings is 1. The number of hydrogen-bond donors (Lipinski definition) is 0. The molecule has 0 spiro atoms. The summed E-state index contributed by atoms with van der Waals surface area (Å²) in [5.41, 5.74) is 0.507. The molecule has 1 saturated carbocycles. The number of carbonyl (C=O) groups is 1. The SMILES string of the molecule is CC[C@@]12CCCN3CCC(C(=O)CC1)C32. The molecule has 0 N–H and O–H groups in total. The van der Waals surface area contributed by atoms with Crippen LogP contribution in [-0.4, -0.2) is 29.8 Å². The fraction of sp³-hybridized carbons (Fsp3) is 0.923. The standard InChI is InChI=1S/C13H21NO/c1-2-13-6-3-8-14-9-5-10(12(13)14)11(15)4-7-13/h10,12H,2-9H2,1H3/t10?,12?,13-/m1/s1. The smallest absolute Gasteiger partial charge is 0.137 e. The first-order valence-electron chi connectivity index (χ1n) is 6.54. The molecule has 3 atom stereocenters. The van der Waals surface area contributed by atoms with Crippen LogP contribution in [0.1, 0.15) is 45.4 Å². The number of carbonyl (C=O) groups excluding carboxylic acids is 1. The third-order valence-corrected chi connectivity index (χ3v) is 5.24. The zero-order chi connectivity index (χ0) is 10.5. The topological polar surface area (TPSA) is 20.3 Å². The zero-order valence-corrected chi connectivity index (χ0v) is 9.67. The van der Waals surface area contributed by atoms with Crippen molar-refractivity contribution >= 4 is 5.78 Å². The van der Waals surface area contributed by atoms with Crippen LogP contribution in [0.3, 0.4) is 0 Å². The van der Waals surface area contributed by atoms with Crippen LogP contribution in [0, 0.1) is 11.3 Å². The molecule has 2 nitrogen and oxygen atoms in total. The van der Waals surface area contributed by atoms with Crippen LogP contribution >= 0.6 is 0 Å². The largest absolute Gasteiger partial charge is 0.299 e. The van der Waals surface area contributed by atoms with Gasteiger partial charge in [0.2, 0.25) is 0 Å². The monoisotopic (exact) mass is 207 g/mol. The molecule has 0 bridgehead atoms. The van der Waals surface area contributed by atoms with Crippen LogP contribution in [0.25, 0.3) is 0 Å². The van der Waals surface area contributed by atoms with Gasteiger partial charge in [0, 0.05) is 18.4 Å². The van der Waals surface area contributed by atoms with Crippen molar-refractivity contribution in [3.63, 3.8) is 0 Å². The summed E-state index contributed by atoms with van der Waals surface area (Å²) < 4.78 is 0. The minimum atomic E-state index is 0.402. The van der Waals surface area contributed by atoms with Gasteiger partial charge in [-0.25, -0.2) is 0 Å². The van der Waals surface area contributed by atoms with Gasteiger partial charge >= 0.3 is 0 Å². The van der Waals surface area contributed by atoms with Crippen LogP contribution in [0.15, 0.2) is 0 Å². The van der Waals surface area contributed by atoms with Crippen molar-refractivity contribution in [2.24, 2.45) is 11.3 Å². The van der Waals surface area contributed by atoms with Gasteiger partial charge in [0.05, 0.1) is 0 Å². The summed E-state index contributed by atoms with van der Waals surface area (Å²) in [6.45, 7) is 4.76. The van der Waals surface area contributed by atoms with Gasteiger partial charge < -0.3 is 0 Å². The Hall–Kier alpha value is -0.370. The molecule has 0 amide bonds. The lowest BCUT2D eigenvalue weighted by atomic mass is 9.61. The van der Waals surface area contributed by atoms with Gasteiger partial charge in [-0.3, -0.25) is 9.69 Å². The Morgan fingerprint density at radius 1 is 1.40 bits per heavy atom. The predicted octanol–water partition coefficient (Wildman–Crippen LogP) is 2.23. The first-order valence-corrected chi connectivity index (χ1v) is 6.54. The summed E-state index contributed by atoms with van der Waals surface area (Å²) in [5, 5.41) is 0. The Morgan fingerprint density at radius 2 is 2.27 bits per heavy atom. The van der Waals surface area contributed by atoms with E-state index in [1.165, 1.54) is 38.8 Å². The molecular formula is C13H21NO. The zero-order valence-electron chi connectivity index (χ0n) is 9.67. The minimum Gasteiger partial charge on any atom is -0.299 e. The van der Waals surface area contributed by atoms with E-state index in [2.05, 4.69) is 11.8 Å². The van der Waals surface area contributed by atoms with Crippen molar-refractivity contribution in [2.45, 2.75) is 51.5 Å². The molecule has 2 heteroatoms. The lowest BCUT2D eigenvalue weighted by Gasteiger charge is -2.51. The van der Waals surface area contributed by atoms with E-state index in [-0.39, 0.29) is 0 Å². The Kier molecular flexibility index (Phi) is 2.17. The number of rotatable bonds is 1. The van der Waals surface area contributed by atoms with Gasteiger partial charge in [-0.15, -0.1) is 0 Å². The fourth-order valence-corrected chi connectivity index (χ4v) is 4.43. The Balaban J connectivity index is 1.97. The van der Waals surface area contributed by atoms with Gasteiger partial charge in [0.1, 0.15) is 5.78 Å². The average Bonchev–Trinajstić information content (AvgIpc) is 2.70. The van der Waals surface area contributed by atoms with E-state index >= 15 is 0 Å². The molecule has 2 unspecified atom stereocenters. The molecular weight excluding hydrogens is 186 g/mol. The molecule has 0 radical (unpaired) electrons. The lowest BCUT2D eigenvalue weighted by Crippen LogP contribution is -2.55. The molecule has 0 aromatic carbocycles. The maximum atomic E-state index is 11.9. The highest BCUT2D eigenvalue weighted by Gasteiger charge is 2.54. The second-order valence-corrected chi connectivity index (χ2v) is 5.66. The molecule has 2 saturated heterocycles. The van der Waals surface area contributed by atoms with Gasteiger partial charge in [0.25, 0.3) is 0 Å². The molecule has 2 heterocycles. The summed E-state index contributed by atoms with van der Waals surface area (Å²) >= 11 is 0. The van der Waals surface area contributed by atoms with Crippen molar-refractivity contribution in [3.05, 3.63) is 0 Å². The quantitative estimate of drug-likeness (QED) is 0.657. The highest BCUT2D eigenvalue weighted by atomic mass is 16.1. The van der Waals surface area contributed by atoms with Crippen molar-refractivity contribution in [1.29, 1.82) is 0 Å². The molecule has 84 valence electrons. The summed E-state index contributed by atoms with van der Waals surface area (Å²) in [4.78, 5) is 14.6. The van der Waals surface area contributed by atoms with Gasteiger partial charge in [-0.2, -0.15) is 0 Å². The maximum Gasteiger partial charge on any atom is 0.137 e. The number of hydrogen-bond acceptors (Lipinski definition) is 2. The summed E-state index contributed by atoms with van der Waals surface area (Å²) in [6, 6.07) is 0.623. The molecule has 3 rings (SSSR count). The highest BCUT2D eigenvalue weighted by molar-refractivity contribution is 5.83. The van der Waals surface area contributed by atoms with Gasteiger partial charge in [-0.05, 0) is 50.6 Å². The van der Waals surface area contributed by atoms with Crippen LogP contribution in [0.5, 0.6) is 0 Å². The second kappa shape index (κ2) is 3.31. The van der Waals surface area contributed by atoms with E-state index in [1.807, 2.05) is 0 Å². The van der Waals surface area contributed by atoms with E-state index in [0.29, 0.717) is 23.2 Å². The second-order valence-electron chi connectivity index (χ2n) is 5.66. The van der Waals surface area contributed by atoms with Gasteiger partial charge in [0.15, 0.2) is 0 Å². The van der Waals surface area contributed by atoms with Crippen LogP contribution in [-0.2, 0) is 4.79 Å². The first-order chi connectivity index (χ1) is 7.27. The van der Waals surface area contributed by atoms with Crippen molar-refractivity contribution in [2.75, 3.05) is 13.1 Å². The van der Waals surface area contributed by atoms with E-state index < -0.39 is 0 Å². The van der Waals surface area contributed by atoms with E-state index in [9.17, 15) is 4.79 Å². The number of ketones is 1. The van der Waals surface area contributed by atoms with Crippen LogP contribution in [0.4, 0.5) is 0 Å². The number of nitrogens with zero attached hydrogens (tertiary/aromatic N) is 1. The molecule has 15 heavy (non-hydrogen) atoms. The molecule has 2 aliphatic heterocycles. The summed E-state index contributed by atoms with van der Waals surface area (Å²) in [6.07, 6.45) is 7.17. The van der Waals surface area contributed by atoms with Crippen LogP contribution < -0.4 is 0 Å². The number of Topliss-reactive ketones (excluding diaryl/α,β-unsaturated/α-hetero) is 1. The minimum absolute atomic E-state index is 0.402.